The first kappa shape index (κ1) is 19.4. The van der Waals surface area contributed by atoms with E-state index in [2.05, 4.69) is 5.32 Å². The normalized spacial score (nSPS) is 23.3. The highest BCUT2D eigenvalue weighted by atomic mass is 32.1. The number of carbonyl (C=O) groups is 3. The Morgan fingerprint density at radius 1 is 1.15 bits per heavy atom. The number of carboxylic acids is 1. The van der Waals surface area contributed by atoms with E-state index in [0.29, 0.717) is 19.5 Å². The van der Waals surface area contributed by atoms with Crippen LogP contribution in [0.15, 0.2) is 30.3 Å². The number of hydrogen-bond donors (Lipinski definition) is 2. The molecule has 2 amide bonds. The van der Waals surface area contributed by atoms with Crippen LogP contribution in [0.25, 0.3) is 0 Å². The molecule has 1 aromatic rings. The van der Waals surface area contributed by atoms with Crippen LogP contribution in [0.1, 0.15) is 24.8 Å². The average molecular weight is 389 g/mol. The summed E-state index contributed by atoms with van der Waals surface area (Å²) in [5.74, 6) is -2.96. The zero-order chi connectivity index (χ0) is 19.4. The maximum Gasteiger partial charge on any atom is 0.309 e. The Bertz CT molecular complexity index is 740. The van der Waals surface area contributed by atoms with E-state index in [4.69, 9.17) is 12.2 Å². The van der Waals surface area contributed by atoms with Crippen molar-refractivity contribution in [2.75, 3.05) is 19.6 Å². The summed E-state index contributed by atoms with van der Waals surface area (Å²) in [7, 11) is 0. The molecule has 2 N–H and O–H groups in total. The van der Waals surface area contributed by atoms with Gasteiger partial charge in [0.05, 0.1) is 10.8 Å². The van der Waals surface area contributed by atoms with Crippen LogP contribution >= 0.6 is 12.2 Å². The number of amides is 2. The molecule has 0 bridgehead atoms. The van der Waals surface area contributed by atoms with Crippen molar-refractivity contribution >= 4 is 34.9 Å². The number of benzene rings is 1. The Balaban J connectivity index is 1.74. The number of nitrogens with one attached hydrogen (secondary N) is 1. The fourth-order valence-electron chi connectivity index (χ4n) is 3.60. The largest absolute Gasteiger partial charge is 0.481 e. The number of rotatable bonds is 5. The lowest BCUT2D eigenvalue weighted by atomic mass is 9.95. The van der Waals surface area contributed by atoms with Crippen LogP contribution in [0, 0.1) is 5.92 Å². The molecule has 27 heavy (non-hydrogen) atoms. The highest BCUT2D eigenvalue weighted by Gasteiger charge is 2.42. The van der Waals surface area contributed by atoms with Gasteiger partial charge in [0.15, 0.2) is 0 Å². The monoisotopic (exact) mass is 389 g/mol. The number of carboxylic acid groups (broad SMARTS) is 1. The maximum absolute atomic E-state index is 13.0. The first-order chi connectivity index (χ1) is 13.0. The molecule has 2 fully saturated rings. The second-order valence-electron chi connectivity index (χ2n) is 6.89. The number of aliphatic carboxylic acids is 1. The zero-order valence-electron chi connectivity index (χ0n) is 15.0. The molecule has 2 atom stereocenters. The van der Waals surface area contributed by atoms with E-state index < -0.39 is 23.8 Å². The van der Waals surface area contributed by atoms with Crippen molar-refractivity contribution in [3.8, 4) is 0 Å². The Morgan fingerprint density at radius 2 is 1.85 bits per heavy atom. The number of thiocarbonyl (C=S) groups is 1. The first-order valence-corrected chi connectivity index (χ1v) is 9.55. The van der Waals surface area contributed by atoms with Gasteiger partial charge >= 0.3 is 5.97 Å². The summed E-state index contributed by atoms with van der Waals surface area (Å²) in [6.45, 7) is 1.76. The quantitative estimate of drug-likeness (QED) is 0.731. The van der Waals surface area contributed by atoms with E-state index >= 15 is 0 Å². The van der Waals surface area contributed by atoms with Crippen molar-refractivity contribution in [3.63, 3.8) is 0 Å². The summed E-state index contributed by atoms with van der Waals surface area (Å²) < 4.78 is 0. The lowest BCUT2D eigenvalue weighted by Crippen LogP contribution is -2.57. The number of fused-ring (bicyclic) bond motifs is 1. The fraction of sp³-hybridized carbons (Fsp3) is 0.474. The second-order valence-corrected chi connectivity index (χ2v) is 7.39. The summed E-state index contributed by atoms with van der Waals surface area (Å²) >= 11 is 5.22. The lowest BCUT2D eigenvalue weighted by Gasteiger charge is -2.38. The van der Waals surface area contributed by atoms with Crippen LogP contribution in [0.3, 0.4) is 0 Å². The second kappa shape index (κ2) is 8.58. The molecule has 2 aliphatic heterocycles. The number of nitrogens with zero attached hydrogens (tertiary/aromatic N) is 2. The molecule has 7 nitrogen and oxygen atoms in total. The molecule has 2 saturated heterocycles. The molecule has 2 aliphatic rings. The molecule has 0 saturated carbocycles. The van der Waals surface area contributed by atoms with E-state index in [9.17, 15) is 19.5 Å². The third-order valence-corrected chi connectivity index (χ3v) is 5.39. The van der Waals surface area contributed by atoms with E-state index in [-0.39, 0.29) is 17.2 Å². The van der Waals surface area contributed by atoms with Crippen molar-refractivity contribution in [3.05, 3.63) is 35.9 Å². The number of hydrazine groups is 1. The van der Waals surface area contributed by atoms with E-state index in [1.165, 1.54) is 0 Å². The van der Waals surface area contributed by atoms with Crippen LogP contribution in [-0.4, -0.2) is 63.4 Å². The van der Waals surface area contributed by atoms with Crippen molar-refractivity contribution in [2.45, 2.75) is 31.7 Å². The molecule has 144 valence electrons. The van der Waals surface area contributed by atoms with Gasteiger partial charge in [-0.2, -0.15) is 0 Å². The SMILES string of the molecule is O=C(N[C@@H]1C(=O)N2CCCCN2CC[C@@H]1C(=O)O)C(=S)Cc1ccccc1. The van der Waals surface area contributed by atoms with Gasteiger partial charge < -0.3 is 10.4 Å². The molecular weight excluding hydrogens is 366 g/mol. The Morgan fingerprint density at radius 3 is 2.56 bits per heavy atom. The molecule has 0 unspecified atom stereocenters. The highest BCUT2D eigenvalue weighted by Crippen LogP contribution is 2.23. The Labute approximate surface area is 163 Å². The van der Waals surface area contributed by atoms with Gasteiger partial charge in [-0.15, -0.1) is 0 Å². The van der Waals surface area contributed by atoms with Gasteiger partial charge in [0.1, 0.15) is 6.04 Å². The minimum atomic E-state index is -1.10. The van der Waals surface area contributed by atoms with E-state index in [1.54, 1.807) is 5.01 Å². The minimum Gasteiger partial charge on any atom is -0.481 e. The van der Waals surface area contributed by atoms with E-state index in [0.717, 1.165) is 24.9 Å². The van der Waals surface area contributed by atoms with Gasteiger partial charge in [0.2, 0.25) is 0 Å². The predicted molar refractivity (Wildman–Crippen MR) is 103 cm³/mol. The lowest BCUT2D eigenvalue weighted by molar-refractivity contribution is -0.156. The van der Waals surface area contributed by atoms with Crippen LogP contribution in [0.5, 0.6) is 0 Å². The molecular formula is C19H23N3O4S. The molecule has 0 aromatic heterocycles. The number of hydrogen-bond acceptors (Lipinski definition) is 5. The van der Waals surface area contributed by atoms with Gasteiger partial charge in [0.25, 0.3) is 11.8 Å². The Hall–Kier alpha value is -2.32. The maximum atomic E-state index is 13.0. The highest BCUT2D eigenvalue weighted by molar-refractivity contribution is 7.82. The predicted octanol–water partition coefficient (Wildman–Crippen LogP) is 1.03. The fourth-order valence-corrected chi connectivity index (χ4v) is 3.82. The van der Waals surface area contributed by atoms with Crippen molar-refractivity contribution in [2.24, 2.45) is 5.92 Å². The summed E-state index contributed by atoms with van der Waals surface area (Å²) in [5.41, 5.74) is 0.891. The average Bonchev–Trinajstić information content (AvgIpc) is 2.80. The summed E-state index contributed by atoms with van der Waals surface area (Å²) in [6, 6.07) is 8.21. The van der Waals surface area contributed by atoms with Crippen LogP contribution < -0.4 is 5.32 Å². The first-order valence-electron chi connectivity index (χ1n) is 9.14. The van der Waals surface area contributed by atoms with Crippen molar-refractivity contribution in [1.29, 1.82) is 0 Å². The standard InChI is InChI=1S/C19H23N3O4S/c23-17(15(27)12-13-6-2-1-3-7-13)20-16-14(19(25)26)8-11-21-9-4-5-10-22(21)18(16)24/h1-3,6-7,14,16H,4-5,8-12H2,(H,20,23)(H,25,26)/t14-,16-/m0/s1. The van der Waals surface area contributed by atoms with Gasteiger partial charge in [-0.1, -0.05) is 42.5 Å². The van der Waals surface area contributed by atoms with Crippen LogP contribution in [0.4, 0.5) is 0 Å². The molecule has 2 heterocycles. The molecule has 0 aliphatic carbocycles. The third kappa shape index (κ3) is 4.51. The topological polar surface area (TPSA) is 90.0 Å². The van der Waals surface area contributed by atoms with Gasteiger partial charge in [-0.25, -0.2) is 5.01 Å². The van der Waals surface area contributed by atoms with E-state index in [1.807, 2.05) is 35.3 Å². The summed E-state index contributed by atoms with van der Waals surface area (Å²) in [4.78, 5) is 37.4. The van der Waals surface area contributed by atoms with Gasteiger partial charge in [0, 0.05) is 26.1 Å². The summed E-state index contributed by atoms with van der Waals surface area (Å²) in [5, 5.41) is 15.7. The molecule has 3 rings (SSSR count). The third-order valence-electron chi connectivity index (χ3n) is 5.06. The Kier molecular flexibility index (Phi) is 6.18. The molecule has 0 radical (unpaired) electrons. The summed E-state index contributed by atoms with van der Waals surface area (Å²) in [6.07, 6.45) is 2.41. The van der Waals surface area contributed by atoms with Crippen LogP contribution in [-0.2, 0) is 20.8 Å². The number of carbonyl (C=O) groups excluding carboxylic acids is 2. The minimum absolute atomic E-state index is 0.137. The zero-order valence-corrected chi connectivity index (χ0v) is 15.8. The molecule has 8 heteroatoms. The van der Waals surface area contributed by atoms with Gasteiger partial charge in [-0.3, -0.25) is 19.4 Å². The molecule has 0 spiro atoms. The van der Waals surface area contributed by atoms with Crippen molar-refractivity contribution in [1.82, 2.24) is 15.3 Å². The van der Waals surface area contributed by atoms with Crippen LogP contribution in [0.2, 0.25) is 0 Å². The van der Waals surface area contributed by atoms with Crippen molar-refractivity contribution < 1.29 is 19.5 Å². The molecule has 1 aromatic carbocycles. The van der Waals surface area contributed by atoms with Gasteiger partial charge in [-0.05, 0) is 24.8 Å². The smallest absolute Gasteiger partial charge is 0.309 e.